The van der Waals surface area contributed by atoms with Crippen LogP contribution in [0, 0.1) is 5.82 Å². The van der Waals surface area contributed by atoms with Gasteiger partial charge in [0.25, 0.3) is 5.91 Å². The number of amides is 1. The Morgan fingerprint density at radius 2 is 1.61 bits per heavy atom. The van der Waals surface area contributed by atoms with Gasteiger partial charge in [-0.1, -0.05) is 48.0 Å². The van der Waals surface area contributed by atoms with Crippen LogP contribution >= 0.6 is 11.6 Å². The highest BCUT2D eigenvalue weighted by atomic mass is 35.5. The minimum absolute atomic E-state index is 0.338. The van der Waals surface area contributed by atoms with Crippen molar-refractivity contribution in [1.29, 1.82) is 0 Å². The number of carbonyl (C=O) groups excluding carboxylic acids is 1. The molecule has 4 aromatic rings. The molecule has 1 N–H and O–H groups in total. The maximum atomic E-state index is 13.1. The van der Waals surface area contributed by atoms with Crippen LogP contribution in [0.5, 0.6) is 0 Å². The minimum atomic E-state index is -0.367. The summed E-state index contributed by atoms with van der Waals surface area (Å²) < 4.78 is 14.7. The minimum Gasteiger partial charge on any atom is -0.321 e. The normalized spacial score (nSPS) is 10.6. The van der Waals surface area contributed by atoms with Crippen molar-refractivity contribution >= 4 is 23.2 Å². The molecule has 1 heterocycles. The Bertz CT molecular complexity index is 1120. The van der Waals surface area contributed by atoms with Crippen LogP contribution in [0.3, 0.4) is 0 Å². The second-order valence-corrected chi connectivity index (χ2v) is 6.51. The molecular formula is C22H15ClFN3O. The Kier molecular flexibility index (Phi) is 4.91. The summed E-state index contributed by atoms with van der Waals surface area (Å²) in [5.41, 5.74) is 2.88. The van der Waals surface area contributed by atoms with E-state index in [2.05, 4.69) is 10.4 Å². The standard InChI is InChI=1S/C22H15ClFN3O/c23-19-9-5-4-8-18(19)20-14-21(27(26-20)17-6-2-1-3-7-17)22(28)25-16-12-10-15(24)11-13-16/h1-14H,(H,25,28). The quantitative estimate of drug-likeness (QED) is 0.493. The van der Waals surface area contributed by atoms with Crippen molar-refractivity contribution in [2.24, 2.45) is 0 Å². The molecule has 6 heteroatoms. The van der Waals surface area contributed by atoms with Gasteiger partial charge in [-0.3, -0.25) is 4.79 Å². The fourth-order valence-corrected chi connectivity index (χ4v) is 3.07. The average Bonchev–Trinajstić information content (AvgIpc) is 3.16. The van der Waals surface area contributed by atoms with E-state index in [0.717, 1.165) is 11.3 Å². The predicted molar refractivity (Wildman–Crippen MR) is 108 cm³/mol. The molecule has 3 aromatic carbocycles. The van der Waals surface area contributed by atoms with Gasteiger partial charge in [0.1, 0.15) is 11.5 Å². The molecule has 0 saturated heterocycles. The molecule has 0 unspecified atom stereocenters. The van der Waals surface area contributed by atoms with E-state index in [1.807, 2.05) is 48.5 Å². The van der Waals surface area contributed by atoms with Crippen LogP contribution in [0.15, 0.2) is 84.9 Å². The van der Waals surface area contributed by atoms with Gasteiger partial charge >= 0.3 is 0 Å². The SMILES string of the molecule is O=C(Nc1ccc(F)cc1)c1cc(-c2ccccc2Cl)nn1-c1ccccc1. The topological polar surface area (TPSA) is 46.9 Å². The molecule has 0 aliphatic heterocycles. The second-order valence-electron chi connectivity index (χ2n) is 6.10. The molecule has 0 fully saturated rings. The lowest BCUT2D eigenvalue weighted by Gasteiger charge is -2.08. The number of anilines is 1. The molecule has 0 spiro atoms. The first kappa shape index (κ1) is 17.9. The van der Waals surface area contributed by atoms with Crippen molar-refractivity contribution in [2.45, 2.75) is 0 Å². The van der Waals surface area contributed by atoms with Gasteiger partial charge in [0.2, 0.25) is 0 Å². The van der Waals surface area contributed by atoms with Crippen molar-refractivity contribution in [2.75, 3.05) is 5.32 Å². The summed E-state index contributed by atoms with van der Waals surface area (Å²) >= 11 is 6.31. The average molecular weight is 392 g/mol. The van der Waals surface area contributed by atoms with Gasteiger partial charge < -0.3 is 5.32 Å². The zero-order valence-corrected chi connectivity index (χ0v) is 15.4. The van der Waals surface area contributed by atoms with Crippen molar-refractivity contribution in [3.05, 3.63) is 101 Å². The smallest absolute Gasteiger partial charge is 0.274 e. The number of aromatic nitrogens is 2. The molecule has 0 atom stereocenters. The number of para-hydroxylation sites is 1. The zero-order chi connectivity index (χ0) is 19.5. The Morgan fingerprint density at radius 3 is 2.32 bits per heavy atom. The Balaban J connectivity index is 1.77. The summed E-state index contributed by atoms with van der Waals surface area (Å²) in [6, 6.07) is 23.9. The highest BCUT2D eigenvalue weighted by Crippen LogP contribution is 2.28. The van der Waals surface area contributed by atoms with Crippen LogP contribution in [0.1, 0.15) is 10.5 Å². The molecule has 28 heavy (non-hydrogen) atoms. The van der Waals surface area contributed by atoms with Gasteiger partial charge in [0, 0.05) is 11.3 Å². The van der Waals surface area contributed by atoms with Crippen LogP contribution in [0.2, 0.25) is 5.02 Å². The van der Waals surface area contributed by atoms with Gasteiger partial charge in [-0.2, -0.15) is 5.10 Å². The number of halogens is 2. The molecule has 0 radical (unpaired) electrons. The van der Waals surface area contributed by atoms with Gasteiger partial charge in [-0.05, 0) is 48.5 Å². The summed E-state index contributed by atoms with van der Waals surface area (Å²) in [5, 5.41) is 7.92. The van der Waals surface area contributed by atoms with E-state index in [0.29, 0.717) is 22.1 Å². The van der Waals surface area contributed by atoms with E-state index in [4.69, 9.17) is 11.6 Å². The van der Waals surface area contributed by atoms with Gasteiger partial charge in [0.05, 0.1) is 16.4 Å². The van der Waals surface area contributed by atoms with Crippen LogP contribution in [-0.4, -0.2) is 15.7 Å². The van der Waals surface area contributed by atoms with Gasteiger partial charge in [0.15, 0.2) is 0 Å². The van der Waals surface area contributed by atoms with E-state index in [9.17, 15) is 9.18 Å². The maximum absolute atomic E-state index is 13.1. The fourth-order valence-electron chi connectivity index (χ4n) is 2.84. The summed E-state index contributed by atoms with van der Waals surface area (Å²) in [5.74, 6) is -0.727. The van der Waals surface area contributed by atoms with Gasteiger partial charge in [-0.15, -0.1) is 0 Å². The Hall–Kier alpha value is -3.44. The highest BCUT2D eigenvalue weighted by Gasteiger charge is 2.19. The van der Waals surface area contributed by atoms with E-state index < -0.39 is 0 Å². The van der Waals surface area contributed by atoms with Gasteiger partial charge in [-0.25, -0.2) is 9.07 Å². The molecule has 0 aliphatic rings. The van der Waals surface area contributed by atoms with E-state index in [1.54, 1.807) is 16.8 Å². The number of carbonyl (C=O) groups is 1. The van der Waals surface area contributed by atoms with Crippen LogP contribution in [-0.2, 0) is 0 Å². The molecule has 4 rings (SSSR count). The lowest BCUT2D eigenvalue weighted by atomic mass is 10.1. The van der Waals surface area contributed by atoms with E-state index >= 15 is 0 Å². The summed E-state index contributed by atoms with van der Waals surface area (Å²) in [6.07, 6.45) is 0. The van der Waals surface area contributed by atoms with Crippen LogP contribution < -0.4 is 5.32 Å². The number of rotatable bonds is 4. The Labute approximate surface area is 166 Å². The number of hydrogen-bond acceptors (Lipinski definition) is 2. The number of hydrogen-bond donors (Lipinski definition) is 1. The number of nitrogens with zero attached hydrogens (tertiary/aromatic N) is 2. The van der Waals surface area contributed by atoms with E-state index in [1.165, 1.54) is 24.3 Å². The molecule has 138 valence electrons. The molecule has 1 aromatic heterocycles. The van der Waals surface area contributed by atoms with Crippen molar-refractivity contribution in [1.82, 2.24) is 9.78 Å². The predicted octanol–water partition coefficient (Wildman–Crippen LogP) is 5.58. The summed E-state index contributed by atoms with van der Waals surface area (Å²) in [7, 11) is 0. The second kappa shape index (κ2) is 7.66. The lowest BCUT2D eigenvalue weighted by Crippen LogP contribution is -2.16. The third-order valence-electron chi connectivity index (χ3n) is 4.19. The monoisotopic (exact) mass is 391 g/mol. The number of benzene rings is 3. The third kappa shape index (κ3) is 3.66. The molecule has 0 saturated carbocycles. The maximum Gasteiger partial charge on any atom is 0.274 e. The van der Waals surface area contributed by atoms with Crippen molar-refractivity contribution in [3.63, 3.8) is 0 Å². The Morgan fingerprint density at radius 1 is 0.929 bits per heavy atom. The van der Waals surface area contributed by atoms with Crippen LogP contribution in [0.4, 0.5) is 10.1 Å². The fraction of sp³-hybridized carbons (Fsp3) is 0. The van der Waals surface area contributed by atoms with E-state index in [-0.39, 0.29) is 11.7 Å². The molecular weight excluding hydrogens is 377 g/mol. The van der Waals surface area contributed by atoms with Crippen molar-refractivity contribution in [3.8, 4) is 16.9 Å². The highest BCUT2D eigenvalue weighted by molar-refractivity contribution is 6.33. The molecule has 0 aliphatic carbocycles. The largest absolute Gasteiger partial charge is 0.321 e. The summed E-state index contributed by atoms with van der Waals surface area (Å²) in [4.78, 5) is 12.9. The first-order valence-electron chi connectivity index (χ1n) is 8.59. The molecule has 4 nitrogen and oxygen atoms in total. The first-order chi connectivity index (χ1) is 13.6. The zero-order valence-electron chi connectivity index (χ0n) is 14.6. The summed E-state index contributed by atoms with van der Waals surface area (Å²) in [6.45, 7) is 0. The van der Waals surface area contributed by atoms with Crippen molar-refractivity contribution < 1.29 is 9.18 Å². The molecule has 0 bridgehead atoms. The first-order valence-corrected chi connectivity index (χ1v) is 8.97. The number of nitrogens with one attached hydrogen (secondary N) is 1. The molecule has 1 amide bonds. The lowest BCUT2D eigenvalue weighted by molar-refractivity contribution is 0.101. The van der Waals surface area contributed by atoms with Crippen LogP contribution in [0.25, 0.3) is 16.9 Å². The third-order valence-corrected chi connectivity index (χ3v) is 4.52.